The number of aryl methyl sites for hydroxylation is 1. The van der Waals surface area contributed by atoms with E-state index in [1.54, 1.807) is 23.1 Å². The fourth-order valence-electron chi connectivity index (χ4n) is 3.35. The largest absolute Gasteiger partial charge is 0.484 e. The van der Waals surface area contributed by atoms with Crippen molar-refractivity contribution in [2.45, 2.75) is 13.5 Å². The first-order valence-electron chi connectivity index (χ1n) is 10.5. The van der Waals surface area contributed by atoms with Crippen molar-refractivity contribution in [3.63, 3.8) is 0 Å². The van der Waals surface area contributed by atoms with Gasteiger partial charge >= 0.3 is 0 Å². The van der Waals surface area contributed by atoms with Gasteiger partial charge in [0.05, 0.1) is 11.4 Å². The second-order valence-corrected chi connectivity index (χ2v) is 10.2. The van der Waals surface area contributed by atoms with Crippen LogP contribution in [-0.4, -0.2) is 27.6 Å². The topological polar surface area (TPSA) is 58.6 Å². The van der Waals surface area contributed by atoms with Gasteiger partial charge in [0.15, 0.2) is 6.61 Å². The molecule has 0 spiro atoms. The van der Waals surface area contributed by atoms with Gasteiger partial charge < -0.3 is 10.1 Å². The molecule has 0 bridgehead atoms. The number of carbonyl (C=O) groups is 2. The Morgan fingerprint density at radius 3 is 2.68 bits per heavy atom. The zero-order chi connectivity index (χ0) is 24.1. The number of nitrogens with one attached hydrogen (secondary N) is 1. The summed E-state index contributed by atoms with van der Waals surface area (Å²) in [5.41, 5.74) is 3.51. The molecular weight excluding hydrogens is 532 g/mol. The summed E-state index contributed by atoms with van der Waals surface area (Å²) < 4.78 is 7.16. The highest BCUT2D eigenvalue weighted by Gasteiger charge is 2.31. The van der Waals surface area contributed by atoms with Crippen molar-refractivity contribution < 1.29 is 14.3 Å². The molecule has 34 heavy (non-hydrogen) atoms. The molecule has 1 aliphatic rings. The molecule has 5 nitrogen and oxygen atoms in total. The van der Waals surface area contributed by atoms with Crippen LogP contribution in [0.2, 0.25) is 0 Å². The lowest BCUT2D eigenvalue weighted by Crippen LogP contribution is -2.27. The van der Waals surface area contributed by atoms with Crippen LogP contribution in [0.5, 0.6) is 5.75 Å². The molecule has 172 valence electrons. The Kier molecular flexibility index (Phi) is 7.82. The number of hydrogen-bond donors (Lipinski definition) is 1. The van der Waals surface area contributed by atoms with Crippen LogP contribution in [0.1, 0.15) is 16.7 Å². The summed E-state index contributed by atoms with van der Waals surface area (Å²) in [6, 6.07) is 22.7. The average molecular weight is 554 g/mol. The van der Waals surface area contributed by atoms with E-state index >= 15 is 0 Å². The minimum absolute atomic E-state index is 0.116. The maximum Gasteiger partial charge on any atom is 0.266 e. The molecule has 4 rings (SSSR count). The van der Waals surface area contributed by atoms with Crippen molar-refractivity contribution in [1.82, 2.24) is 4.90 Å². The smallest absolute Gasteiger partial charge is 0.266 e. The van der Waals surface area contributed by atoms with E-state index in [1.807, 2.05) is 67.6 Å². The number of nitrogens with zero attached hydrogens (tertiary/aromatic N) is 1. The second-order valence-electron chi connectivity index (χ2n) is 7.62. The highest BCUT2D eigenvalue weighted by molar-refractivity contribution is 9.10. The van der Waals surface area contributed by atoms with Crippen LogP contribution in [0.15, 0.2) is 82.2 Å². The molecule has 0 saturated carbocycles. The molecular formula is C26H21BrN2O3S2. The van der Waals surface area contributed by atoms with Crippen molar-refractivity contribution in [2.24, 2.45) is 0 Å². The number of anilines is 1. The fourth-order valence-corrected chi connectivity index (χ4v) is 5.08. The van der Waals surface area contributed by atoms with E-state index in [0.717, 1.165) is 26.9 Å². The molecule has 1 saturated heterocycles. The molecule has 0 aromatic heterocycles. The standard InChI is InChI=1S/C26H21BrN2O3S2/c1-17-12-20(27)10-11-22(17)28-24(30)16-32-21-9-5-8-19(13-21)14-23-25(31)29(26(33)34-23)15-18-6-3-2-4-7-18/h2-14H,15-16H2,1H3,(H,28,30)/b23-14-. The average Bonchev–Trinajstić information content (AvgIpc) is 3.08. The normalized spacial score (nSPS) is 14.5. The van der Waals surface area contributed by atoms with Crippen molar-refractivity contribution in [3.05, 3.63) is 98.9 Å². The van der Waals surface area contributed by atoms with E-state index in [4.69, 9.17) is 17.0 Å². The highest BCUT2D eigenvalue weighted by atomic mass is 79.9. The maximum atomic E-state index is 12.9. The number of thioether (sulfide) groups is 1. The first kappa shape index (κ1) is 24.2. The van der Waals surface area contributed by atoms with E-state index < -0.39 is 0 Å². The number of thiocarbonyl (C=S) groups is 1. The third-order valence-electron chi connectivity index (χ3n) is 5.05. The molecule has 2 amide bonds. The van der Waals surface area contributed by atoms with E-state index in [1.165, 1.54) is 11.8 Å². The van der Waals surface area contributed by atoms with E-state index in [2.05, 4.69) is 21.2 Å². The predicted octanol–water partition coefficient (Wildman–Crippen LogP) is 6.18. The summed E-state index contributed by atoms with van der Waals surface area (Å²) in [4.78, 5) is 27.4. The lowest BCUT2D eigenvalue weighted by molar-refractivity contribution is -0.122. The van der Waals surface area contributed by atoms with Crippen LogP contribution < -0.4 is 10.1 Å². The molecule has 1 fully saturated rings. The van der Waals surface area contributed by atoms with Gasteiger partial charge in [0.2, 0.25) is 0 Å². The van der Waals surface area contributed by atoms with Gasteiger partial charge in [-0.2, -0.15) is 0 Å². The summed E-state index contributed by atoms with van der Waals surface area (Å²) in [7, 11) is 0. The molecule has 0 radical (unpaired) electrons. The zero-order valence-corrected chi connectivity index (χ0v) is 21.5. The number of rotatable bonds is 7. The van der Waals surface area contributed by atoms with E-state index in [0.29, 0.717) is 21.5 Å². The second kappa shape index (κ2) is 11.0. The minimum Gasteiger partial charge on any atom is -0.484 e. The Labute approximate surface area is 216 Å². The zero-order valence-electron chi connectivity index (χ0n) is 18.3. The van der Waals surface area contributed by atoms with Crippen molar-refractivity contribution in [2.75, 3.05) is 11.9 Å². The molecule has 1 N–H and O–H groups in total. The molecule has 0 atom stereocenters. The molecule has 3 aromatic rings. The van der Waals surface area contributed by atoms with Gasteiger partial charge in [-0.1, -0.05) is 82.4 Å². The van der Waals surface area contributed by atoms with Gasteiger partial charge in [-0.05, 0) is 60.0 Å². The number of benzene rings is 3. The summed E-state index contributed by atoms with van der Waals surface area (Å²) in [6.07, 6.45) is 1.79. The number of carbonyl (C=O) groups excluding carboxylic acids is 2. The molecule has 1 aliphatic heterocycles. The van der Waals surface area contributed by atoms with E-state index in [-0.39, 0.29) is 18.4 Å². The molecule has 3 aromatic carbocycles. The van der Waals surface area contributed by atoms with Crippen LogP contribution in [-0.2, 0) is 16.1 Å². The SMILES string of the molecule is Cc1cc(Br)ccc1NC(=O)COc1cccc(/C=C2\SC(=S)N(Cc3ccccc3)C2=O)c1. The first-order chi connectivity index (χ1) is 16.4. The summed E-state index contributed by atoms with van der Waals surface area (Å²) in [5.74, 6) is 0.170. The predicted molar refractivity (Wildman–Crippen MR) is 145 cm³/mol. The first-order valence-corrected chi connectivity index (χ1v) is 12.5. The number of ether oxygens (including phenoxy) is 1. The van der Waals surface area contributed by atoms with Crippen molar-refractivity contribution in [3.8, 4) is 5.75 Å². The third kappa shape index (κ3) is 6.14. The van der Waals surface area contributed by atoms with Crippen LogP contribution in [0, 0.1) is 6.92 Å². The number of amides is 2. The Balaban J connectivity index is 1.38. The third-order valence-corrected chi connectivity index (χ3v) is 6.92. The molecule has 1 heterocycles. The molecule has 0 unspecified atom stereocenters. The van der Waals surface area contributed by atoms with Gasteiger partial charge in [-0.3, -0.25) is 14.5 Å². The van der Waals surface area contributed by atoms with Crippen LogP contribution in [0.4, 0.5) is 5.69 Å². The molecule has 8 heteroatoms. The summed E-state index contributed by atoms with van der Waals surface area (Å²) >= 11 is 10.1. The van der Waals surface area contributed by atoms with Gasteiger partial charge in [0.1, 0.15) is 10.1 Å². The van der Waals surface area contributed by atoms with Crippen molar-refractivity contribution in [1.29, 1.82) is 0 Å². The van der Waals surface area contributed by atoms with Crippen molar-refractivity contribution >= 4 is 67.8 Å². The Morgan fingerprint density at radius 2 is 1.91 bits per heavy atom. The Hall–Kier alpha value is -2.94. The monoisotopic (exact) mass is 552 g/mol. The maximum absolute atomic E-state index is 12.9. The lowest BCUT2D eigenvalue weighted by atomic mass is 10.2. The van der Waals surface area contributed by atoms with Gasteiger partial charge in [-0.25, -0.2) is 0 Å². The van der Waals surface area contributed by atoms with Crippen LogP contribution in [0.3, 0.4) is 0 Å². The van der Waals surface area contributed by atoms with Gasteiger partial charge in [-0.15, -0.1) is 0 Å². The van der Waals surface area contributed by atoms with Crippen LogP contribution in [0.25, 0.3) is 6.08 Å². The Bertz CT molecular complexity index is 1280. The highest BCUT2D eigenvalue weighted by Crippen LogP contribution is 2.34. The summed E-state index contributed by atoms with van der Waals surface area (Å²) in [5, 5.41) is 2.85. The quantitative estimate of drug-likeness (QED) is 0.280. The number of halogens is 1. The lowest BCUT2D eigenvalue weighted by Gasteiger charge is -2.14. The van der Waals surface area contributed by atoms with Gasteiger partial charge in [0, 0.05) is 10.2 Å². The summed E-state index contributed by atoms with van der Waals surface area (Å²) in [6.45, 7) is 2.24. The Morgan fingerprint density at radius 1 is 1.12 bits per heavy atom. The fraction of sp³-hybridized carbons (Fsp3) is 0.115. The molecule has 0 aliphatic carbocycles. The van der Waals surface area contributed by atoms with E-state index in [9.17, 15) is 9.59 Å². The van der Waals surface area contributed by atoms with Gasteiger partial charge in [0.25, 0.3) is 11.8 Å². The number of hydrogen-bond acceptors (Lipinski definition) is 5. The van der Waals surface area contributed by atoms with Crippen LogP contribution >= 0.6 is 39.9 Å². The minimum atomic E-state index is -0.252.